The number of rotatable bonds is 8. The maximum absolute atomic E-state index is 13.5. The fraction of sp³-hybridized carbons (Fsp3) is 0.263. The smallest absolute Gasteiger partial charge is 0.243 e. The summed E-state index contributed by atoms with van der Waals surface area (Å²) >= 11 is 0. The van der Waals surface area contributed by atoms with Crippen LogP contribution in [-0.4, -0.2) is 44.7 Å². The van der Waals surface area contributed by atoms with Crippen LogP contribution >= 0.6 is 0 Å². The van der Waals surface area contributed by atoms with E-state index < -0.39 is 15.9 Å². The number of hydrogen-bond acceptors (Lipinski definition) is 4. The Kier molecular flexibility index (Phi) is 7.24. The second-order valence-electron chi connectivity index (χ2n) is 6.16. The molecule has 0 aromatic heterocycles. The monoisotopic (exact) mass is 407 g/mol. The third-order valence-electron chi connectivity index (χ3n) is 3.92. The number of anilines is 1. The molecule has 0 fully saturated rings. The van der Waals surface area contributed by atoms with E-state index in [-0.39, 0.29) is 29.7 Å². The van der Waals surface area contributed by atoms with Gasteiger partial charge in [-0.2, -0.15) is 4.31 Å². The molecule has 9 heteroatoms. The number of benzene rings is 2. The van der Waals surface area contributed by atoms with Crippen LogP contribution < -0.4 is 10.6 Å². The van der Waals surface area contributed by atoms with Gasteiger partial charge in [0.05, 0.1) is 11.4 Å². The second-order valence-corrected chi connectivity index (χ2v) is 8.20. The molecule has 2 aromatic carbocycles. The molecule has 0 aliphatic heterocycles. The Morgan fingerprint density at radius 1 is 1.07 bits per heavy atom. The van der Waals surface area contributed by atoms with Crippen molar-refractivity contribution in [3.63, 3.8) is 0 Å². The highest BCUT2D eigenvalue weighted by atomic mass is 32.2. The van der Waals surface area contributed by atoms with Crippen molar-refractivity contribution in [2.45, 2.75) is 18.2 Å². The lowest BCUT2D eigenvalue weighted by atomic mass is 10.1. The Morgan fingerprint density at radius 2 is 1.71 bits per heavy atom. The summed E-state index contributed by atoms with van der Waals surface area (Å²) in [6.07, 6.45) is 0.305. The summed E-state index contributed by atoms with van der Waals surface area (Å²) in [4.78, 5) is 23.0. The molecule has 0 saturated carbocycles. The lowest BCUT2D eigenvalue weighted by molar-refractivity contribution is -0.121. The molecule has 0 bridgehead atoms. The van der Waals surface area contributed by atoms with Gasteiger partial charge in [0.15, 0.2) is 0 Å². The molecule has 0 aliphatic rings. The van der Waals surface area contributed by atoms with Crippen LogP contribution in [0.1, 0.15) is 12.5 Å². The van der Waals surface area contributed by atoms with Crippen molar-refractivity contribution < 1.29 is 22.4 Å². The number of sulfonamides is 1. The van der Waals surface area contributed by atoms with Crippen molar-refractivity contribution in [1.29, 1.82) is 0 Å². The molecule has 2 rings (SSSR count). The molecule has 150 valence electrons. The minimum Gasteiger partial charge on any atom is -0.355 e. The average Bonchev–Trinajstić information content (AvgIpc) is 2.63. The zero-order valence-electron chi connectivity index (χ0n) is 15.6. The number of carbonyl (C=O) groups excluding carboxylic acids is 2. The summed E-state index contributed by atoms with van der Waals surface area (Å²) < 4.78 is 39.6. The van der Waals surface area contributed by atoms with E-state index in [1.165, 1.54) is 44.3 Å². The molecule has 0 radical (unpaired) electrons. The van der Waals surface area contributed by atoms with E-state index in [0.29, 0.717) is 17.7 Å². The predicted molar refractivity (Wildman–Crippen MR) is 104 cm³/mol. The van der Waals surface area contributed by atoms with Crippen LogP contribution in [0.15, 0.2) is 53.4 Å². The van der Waals surface area contributed by atoms with Gasteiger partial charge < -0.3 is 10.6 Å². The van der Waals surface area contributed by atoms with E-state index in [1.54, 1.807) is 18.2 Å². The van der Waals surface area contributed by atoms with Crippen molar-refractivity contribution in [1.82, 2.24) is 9.62 Å². The van der Waals surface area contributed by atoms with E-state index >= 15 is 0 Å². The highest BCUT2D eigenvalue weighted by molar-refractivity contribution is 7.89. The van der Waals surface area contributed by atoms with Gasteiger partial charge in [-0.15, -0.1) is 0 Å². The zero-order chi connectivity index (χ0) is 20.7. The number of carbonyl (C=O) groups is 2. The number of nitrogens with one attached hydrogen (secondary N) is 2. The first-order chi connectivity index (χ1) is 13.2. The zero-order valence-corrected chi connectivity index (χ0v) is 16.4. The van der Waals surface area contributed by atoms with Gasteiger partial charge in [-0.1, -0.05) is 18.2 Å². The van der Waals surface area contributed by atoms with Crippen molar-refractivity contribution in [2.24, 2.45) is 0 Å². The first kappa shape index (κ1) is 21.5. The lowest BCUT2D eigenvalue weighted by Crippen LogP contribution is -2.39. The van der Waals surface area contributed by atoms with Crippen LogP contribution in [0, 0.1) is 5.82 Å². The van der Waals surface area contributed by atoms with Crippen molar-refractivity contribution in [3.8, 4) is 0 Å². The summed E-state index contributed by atoms with van der Waals surface area (Å²) in [5.74, 6) is -1.10. The minimum absolute atomic E-state index is 0.00302. The van der Waals surface area contributed by atoms with Gasteiger partial charge in [-0.05, 0) is 42.3 Å². The molecular weight excluding hydrogens is 385 g/mol. The van der Waals surface area contributed by atoms with E-state index in [9.17, 15) is 22.4 Å². The third-order valence-corrected chi connectivity index (χ3v) is 5.74. The molecule has 0 spiro atoms. The maximum Gasteiger partial charge on any atom is 0.243 e. The van der Waals surface area contributed by atoms with Gasteiger partial charge in [0.1, 0.15) is 5.82 Å². The highest BCUT2D eigenvalue weighted by Gasteiger charge is 2.22. The van der Waals surface area contributed by atoms with Gasteiger partial charge in [0.25, 0.3) is 0 Å². The topological polar surface area (TPSA) is 95.6 Å². The third kappa shape index (κ3) is 5.86. The van der Waals surface area contributed by atoms with Crippen LogP contribution in [0.3, 0.4) is 0 Å². The molecule has 0 unspecified atom stereocenters. The fourth-order valence-corrected chi connectivity index (χ4v) is 3.60. The van der Waals surface area contributed by atoms with Crippen LogP contribution in [0.4, 0.5) is 10.1 Å². The molecule has 2 N–H and O–H groups in total. The summed E-state index contributed by atoms with van der Waals surface area (Å²) in [6, 6.07) is 11.9. The van der Waals surface area contributed by atoms with Gasteiger partial charge >= 0.3 is 0 Å². The van der Waals surface area contributed by atoms with Crippen LogP contribution in [0.2, 0.25) is 0 Å². The number of nitrogens with zero attached hydrogens (tertiary/aromatic N) is 1. The number of amides is 2. The first-order valence-electron chi connectivity index (χ1n) is 8.54. The van der Waals surface area contributed by atoms with Gasteiger partial charge in [0.2, 0.25) is 21.8 Å². The summed E-state index contributed by atoms with van der Waals surface area (Å²) in [6.45, 7) is 1.18. The largest absolute Gasteiger partial charge is 0.355 e. The van der Waals surface area contributed by atoms with Gasteiger partial charge in [0, 0.05) is 26.2 Å². The molecule has 0 aliphatic carbocycles. The summed E-state index contributed by atoms with van der Waals surface area (Å²) in [7, 11) is -2.56. The molecule has 0 heterocycles. The number of hydrogen-bond donors (Lipinski definition) is 2. The minimum atomic E-state index is -3.86. The Balaban J connectivity index is 1.91. The molecule has 0 atom stereocenters. The highest BCUT2D eigenvalue weighted by Crippen LogP contribution is 2.17. The Bertz CT molecular complexity index is 946. The first-order valence-corrected chi connectivity index (χ1v) is 9.98. The molecule has 7 nitrogen and oxygen atoms in total. The second kappa shape index (κ2) is 9.43. The van der Waals surface area contributed by atoms with Crippen molar-refractivity contribution in [3.05, 3.63) is 59.9 Å². The molecular formula is C19H22FN3O4S. The Morgan fingerprint density at radius 3 is 2.32 bits per heavy atom. The van der Waals surface area contributed by atoms with Gasteiger partial charge in [-0.25, -0.2) is 12.8 Å². The van der Waals surface area contributed by atoms with E-state index in [1.807, 2.05) is 0 Å². The van der Waals surface area contributed by atoms with Crippen molar-refractivity contribution >= 4 is 27.5 Å². The Hall–Kier alpha value is -2.78. The molecule has 2 aromatic rings. The predicted octanol–water partition coefficient (Wildman–Crippen LogP) is 1.76. The fourth-order valence-electron chi connectivity index (χ4n) is 2.47. The van der Waals surface area contributed by atoms with Gasteiger partial charge in [-0.3, -0.25) is 9.59 Å². The molecule has 28 heavy (non-hydrogen) atoms. The quantitative estimate of drug-likeness (QED) is 0.697. The molecule has 2 amide bonds. The average molecular weight is 407 g/mol. The van der Waals surface area contributed by atoms with Crippen LogP contribution in [0.25, 0.3) is 0 Å². The Labute approximate surface area is 163 Å². The summed E-state index contributed by atoms with van der Waals surface area (Å²) in [5.41, 5.74) is 0.947. The lowest BCUT2D eigenvalue weighted by Gasteiger charge is -2.17. The van der Waals surface area contributed by atoms with E-state index in [2.05, 4.69) is 10.6 Å². The SMILES string of the molecule is CC(=O)Nc1ccc(S(=O)(=O)N(C)CC(=O)NCCc2ccccc2F)cc1. The van der Waals surface area contributed by atoms with E-state index in [4.69, 9.17) is 0 Å². The number of halogens is 1. The molecule has 0 saturated heterocycles. The van der Waals surface area contributed by atoms with E-state index in [0.717, 1.165) is 4.31 Å². The normalized spacial score (nSPS) is 11.3. The van der Waals surface area contributed by atoms with Crippen LogP contribution in [-0.2, 0) is 26.0 Å². The maximum atomic E-state index is 13.5. The van der Waals surface area contributed by atoms with Crippen LogP contribution in [0.5, 0.6) is 0 Å². The number of likely N-dealkylation sites (N-methyl/N-ethyl adjacent to an activating group) is 1. The summed E-state index contributed by atoms with van der Waals surface area (Å²) in [5, 5.41) is 5.13. The van der Waals surface area contributed by atoms with Crippen molar-refractivity contribution in [2.75, 3.05) is 25.5 Å². The standard InChI is InChI=1S/C19H22FN3O4S/c1-14(24)22-16-7-9-17(10-8-16)28(26,27)23(2)13-19(25)21-12-11-15-5-3-4-6-18(15)20/h3-10H,11-13H2,1-2H3,(H,21,25)(H,22,24).